The van der Waals surface area contributed by atoms with E-state index in [0.29, 0.717) is 16.7 Å². The lowest BCUT2D eigenvalue weighted by Crippen LogP contribution is -1.78. The molecule has 0 bridgehead atoms. The fourth-order valence-electron chi connectivity index (χ4n) is 0.644. The standard InChI is InChI=1S/C13H12FN/c1-10(9-15)5-6-11(2)12(3)7-8-13(4)14/h5-8H,1-4H2/b6-5-,8-7-. The Bertz CT molecular complexity index is 403. The molecule has 0 aromatic heterocycles. The molecule has 0 amide bonds. The molecule has 0 aromatic rings. The van der Waals surface area contributed by atoms with Gasteiger partial charge in [-0.1, -0.05) is 38.5 Å². The van der Waals surface area contributed by atoms with Crippen LogP contribution in [0.4, 0.5) is 4.39 Å². The lowest BCUT2D eigenvalue weighted by atomic mass is 10.1. The van der Waals surface area contributed by atoms with Crippen molar-refractivity contribution in [2.75, 3.05) is 0 Å². The van der Waals surface area contributed by atoms with Crippen molar-refractivity contribution in [3.8, 4) is 6.07 Å². The van der Waals surface area contributed by atoms with Crippen LogP contribution >= 0.6 is 0 Å². The highest BCUT2D eigenvalue weighted by molar-refractivity contribution is 5.46. The minimum atomic E-state index is -0.547. The Morgan fingerprint density at radius 1 is 0.933 bits per heavy atom. The van der Waals surface area contributed by atoms with Crippen LogP contribution in [0.25, 0.3) is 0 Å². The third-order valence-corrected chi connectivity index (χ3v) is 1.51. The number of rotatable bonds is 5. The summed E-state index contributed by atoms with van der Waals surface area (Å²) in [6.07, 6.45) is 5.77. The summed E-state index contributed by atoms with van der Waals surface area (Å²) in [5.74, 6) is -0.547. The van der Waals surface area contributed by atoms with E-state index in [1.165, 1.54) is 18.2 Å². The first-order valence-corrected chi connectivity index (χ1v) is 4.15. The van der Waals surface area contributed by atoms with Crippen LogP contribution in [0, 0.1) is 11.3 Å². The second-order valence-electron chi connectivity index (χ2n) is 2.80. The zero-order chi connectivity index (χ0) is 11.8. The van der Waals surface area contributed by atoms with Gasteiger partial charge >= 0.3 is 0 Å². The molecule has 1 nitrogen and oxygen atoms in total. The molecule has 0 radical (unpaired) electrons. The third kappa shape index (κ3) is 6.00. The van der Waals surface area contributed by atoms with Crippen LogP contribution < -0.4 is 0 Å². The molecule has 0 heterocycles. The molecule has 0 spiro atoms. The van der Waals surface area contributed by atoms with Crippen molar-refractivity contribution in [3.63, 3.8) is 0 Å². The lowest BCUT2D eigenvalue weighted by molar-refractivity contribution is 0.671. The van der Waals surface area contributed by atoms with E-state index in [2.05, 4.69) is 26.3 Å². The highest BCUT2D eigenvalue weighted by atomic mass is 19.1. The predicted molar refractivity (Wildman–Crippen MR) is 61.6 cm³/mol. The van der Waals surface area contributed by atoms with E-state index in [9.17, 15) is 4.39 Å². The van der Waals surface area contributed by atoms with Gasteiger partial charge in [-0.05, 0) is 23.3 Å². The molecule has 0 aliphatic rings. The maximum absolute atomic E-state index is 12.3. The molecule has 2 heteroatoms. The van der Waals surface area contributed by atoms with Gasteiger partial charge in [-0.15, -0.1) is 0 Å². The Hall–Kier alpha value is -2.14. The molecule has 0 saturated heterocycles. The van der Waals surface area contributed by atoms with E-state index in [0.717, 1.165) is 0 Å². The molecule has 0 aliphatic carbocycles. The van der Waals surface area contributed by atoms with Gasteiger partial charge in [0.15, 0.2) is 0 Å². The normalized spacial score (nSPS) is 10.1. The molecular weight excluding hydrogens is 189 g/mol. The van der Waals surface area contributed by atoms with Crippen LogP contribution in [-0.2, 0) is 0 Å². The summed E-state index contributed by atoms with van der Waals surface area (Å²) < 4.78 is 12.3. The number of allylic oxidation sites excluding steroid dienone is 8. The van der Waals surface area contributed by atoms with E-state index in [-0.39, 0.29) is 0 Å². The molecule has 15 heavy (non-hydrogen) atoms. The van der Waals surface area contributed by atoms with Crippen molar-refractivity contribution < 1.29 is 4.39 Å². The van der Waals surface area contributed by atoms with Crippen LogP contribution in [0.3, 0.4) is 0 Å². The smallest absolute Gasteiger partial charge is 0.116 e. The number of nitriles is 1. The van der Waals surface area contributed by atoms with Crippen molar-refractivity contribution in [2.24, 2.45) is 0 Å². The first kappa shape index (κ1) is 12.9. The largest absolute Gasteiger partial charge is 0.208 e. The summed E-state index contributed by atoms with van der Waals surface area (Å²) in [7, 11) is 0. The second-order valence-corrected chi connectivity index (χ2v) is 2.80. The van der Waals surface area contributed by atoms with Gasteiger partial charge in [0.05, 0.1) is 6.07 Å². The van der Waals surface area contributed by atoms with Gasteiger partial charge in [0.25, 0.3) is 0 Å². The molecule has 0 fully saturated rings. The molecular formula is C13H12FN. The number of hydrogen-bond donors (Lipinski definition) is 0. The molecule has 0 atom stereocenters. The van der Waals surface area contributed by atoms with Gasteiger partial charge in [0.2, 0.25) is 0 Å². The van der Waals surface area contributed by atoms with Crippen LogP contribution in [0.2, 0.25) is 0 Å². The summed E-state index contributed by atoms with van der Waals surface area (Å²) in [6.45, 7) is 13.9. The molecule has 76 valence electrons. The molecule has 0 unspecified atom stereocenters. The molecule has 0 rings (SSSR count). The van der Waals surface area contributed by atoms with Crippen LogP contribution in [0.15, 0.2) is 73.2 Å². The summed E-state index contributed by atoms with van der Waals surface area (Å²) in [5.41, 5.74) is 1.46. The fourth-order valence-corrected chi connectivity index (χ4v) is 0.644. The van der Waals surface area contributed by atoms with E-state index in [4.69, 9.17) is 5.26 Å². The summed E-state index contributed by atoms with van der Waals surface area (Å²) in [4.78, 5) is 0. The first-order valence-electron chi connectivity index (χ1n) is 4.15. The summed E-state index contributed by atoms with van der Waals surface area (Å²) in [6, 6.07) is 1.87. The SMILES string of the molecule is C=C(F)/C=C\C(=C)C(=C)/C=C\C(=C)C#N. The monoisotopic (exact) mass is 201 g/mol. The van der Waals surface area contributed by atoms with Crippen LogP contribution in [0.5, 0.6) is 0 Å². The Morgan fingerprint density at radius 3 is 1.80 bits per heavy atom. The summed E-state index contributed by atoms with van der Waals surface area (Å²) in [5, 5.41) is 8.43. The average Bonchev–Trinajstić information content (AvgIpc) is 2.21. The van der Waals surface area contributed by atoms with Gasteiger partial charge in [-0.2, -0.15) is 5.26 Å². The van der Waals surface area contributed by atoms with Gasteiger partial charge in [-0.3, -0.25) is 0 Å². The average molecular weight is 201 g/mol. The van der Waals surface area contributed by atoms with Gasteiger partial charge in [0, 0.05) is 5.57 Å². The van der Waals surface area contributed by atoms with Crippen molar-refractivity contribution in [1.29, 1.82) is 5.26 Å². The highest BCUT2D eigenvalue weighted by Crippen LogP contribution is 2.10. The van der Waals surface area contributed by atoms with Gasteiger partial charge < -0.3 is 0 Å². The lowest BCUT2D eigenvalue weighted by Gasteiger charge is -1.97. The summed E-state index contributed by atoms with van der Waals surface area (Å²) >= 11 is 0. The molecule has 0 saturated carbocycles. The number of nitrogens with zero attached hydrogens (tertiary/aromatic N) is 1. The van der Waals surface area contributed by atoms with E-state index in [1.54, 1.807) is 6.08 Å². The Kier molecular flexibility index (Phi) is 5.43. The van der Waals surface area contributed by atoms with Gasteiger partial charge in [0.1, 0.15) is 5.83 Å². The van der Waals surface area contributed by atoms with Crippen LogP contribution in [-0.4, -0.2) is 0 Å². The topological polar surface area (TPSA) is 23.8 Å². The predicted octanol–water partition coefficient (Wildman–Crippen LogP) is 3.77. The Labute approximate surface area is 89.5 Å². The van der Waals surface area contributed by atoms with E-state index in [1.807, 2.05) is 6.07 Å². The van der Waals surface area contributed by atoms with E-state index >= 15 is 0 Å². The highest BCUT2D eigenvalue weighted by Gasteiger charge is 1.92. The fraction of sp³-hybridized carbons (Fsp3) is 0. The van der Waals surface area contributed by atoms with Crippen molar-refractivity contribution in [2.45, 2.75) is 0 Å². The maximum atomic E-state index is 12.3. The third-order valence-electron chi connectivity index (χ3n) is 1.51. The zero-order valence-electron chi connectivity index (χ0n) is 8.46. The van der Waals surface area contributed by atoms with Crippen LogP contribution in [0.1, 0.15) is 0 Å². The van der Waals surface area contributed by atoms with Crippen molar-refractivity contribution >= 4 is 0 Å². The Balaban J connectivity index is 4.43. The first-order chi connectivity index (χ1) is 6.97. The van der Waals surface area contributed by atoms with Crippen molar-refractivity contribution in [1.82, 2.24) is 0 Å². The maximum Gasteiger partial charge on any atom is 0.116 e. The quantitative estimate of drug-likeness (QED) is 0.490. The second kappa shape index (κ2) is 6.33. The zero-order valence-corrected chi connectivity index (χ0v) is 8.46. The number of halogens is 1. The molecule has 0 aliphatic heterocycles. The minimum absolute atomic E-state index is 0.322. The molecule has 0 N–H and O–H groups in total. The van der Waals surface area contributed by atoms with E-state index < -0.39 is 5.83 Å². The molecule has 0 aromatic carbocycles. The van der Waals surface area contributed by atoms with Gasteiger partial charge in [-0.25, -0.2) is 4.39 Å². The Morgan fingerprint density at radius 2 is 1.40 bits per heavy atom. The minimum Gasteiger partial charge on any atom is -0.208 e. The van der Waals surface area contributed by atoms with Crippen molar-refractivity contribution in [3.05, 3.63) is 73.2 Å². The number of hydrogen-bond acceptors (Lipinski definition) is 1.